The Kier molecular flexibility index (Phi) is 7.47. The lowest BCUT2D eigenvalue weighted by Crippen LogP contribution is -2.26. The summed E-state index contributed by atoms with van der Waals surface area (Å²) in [6.45, 7) is 5.13. The van der Waals surface area contributed by atoms with Crippen molar-refractivity contribution in [2.24, 2.45) is 0 Å². The molecule has 0 aliphatic carbocycles. The van der Waals surface area contributed by atoms with E-state index in [-0.39, 0.29) is 5.69 Å². The van der Waals surface area contributed by atoms with Crippen molar-refractivity contribution in [2.45, 2.75) is 32.9 Å². The number of benzene rings is 1. The van der Waals surface area contributed by atoms with Crippen LogP contribution in [0.25, 0.3) is 0 Å². The average Bonchev–Trinajstić information content (AvgIpc) is 2.52. The molecule has 0 aromatic heterocycles. The second-order valence-corrected chi connectivity index (χ2v) is 5.38. The Bertz CT molecular complexity index is 637. The minimum Gasteiger partial charge on any atom is -0.478 e. The van der Waals surface area contributed by atoms with E-state index < -0.39 is 23.6 Å². The molecule has 8 heteroatoms. The molecule has 0 heterocycles. The molecule has 2 N–H and O–H groups in total. The molecule has 1 amide bonds. The summed E-state index contributed by atoms with van der Waals surface area (Å²) in [7, 11) is 0. The maximum absolute atomic E-state index is 13.0. The minimum absolute atomic E-state index is 0.00300. The van der Waals surface area contributed by atoms with Gasteiger partial charge >= 0.3 is 12.1 Å². The van der Waals surface area contributed by atoms with Crippen LogP contribution in [0, 0.1) is 0 Å². The van der Waals surface area contributed by atoms with Gasteiger partial charge in [-0.2, -0.15) is 13.2 Å². The number of hydrogen-bond donors (Lipinski definition) is 2. The smallest absolute Gasteiger partial charge is 0.416 e. The zero-order valence-electron chi connectivity index (χ0n) is 14.1. The fourth-order valence-electron chi connectivity index (χ4n) is 2.30. The highest BCUT2D eigenvalue weighted by atomic mass is 19.4. The van der Waals surface area contributed by atoms with Gasteiger partial charge in [-0.25, -0.2) is 4.79 Å². The molecule has 0 unspecified atom stereocenters. The molecule has 0 aliphatic rings. The molecule has 0 atom stereocenters. The molecule has 0 fully saturated rings. The second-order valence-electron chi connectivity index (χ2n) is 5.38. The zero-order valence-corrected chi connectivity index (χ0v) is 14.1. The van der Waals surface area contributed by atoms with Crippen LogP contribution < -0.4 is 10.2 Å². The number of aliphatic carboxylic acids is 1. The highest BCUT2D eigenvalue weighted by Crippen LogP contribution is 2.35. The van der Waals surface area contributed by atoms with Gasteiger partial charge in [-0.15, -0.1) is 0 Å². The Hall–Kier alpha value is -2.51. The molecule has 0 spiro atoms. The topological polar surface area (TPSA) is 69.6 Å². The number of carbonyl (C=O) groups is 2. The van der Waals surface area contributed by atoms with Gasteiger partial charge in [-0.3, -0.25) is 4.79 Å². The van der Waals surface area contributed by atoms with Crippen molar-refractivity contribution in [3.8, 4) is 0 Å². The van der Waals surface area contributed by atoms with Crippen LogP contribution in [0.2, 0.25) is 0 Å². The van der Waals surface area contributed by atoms with Gasteiger partial charge in [-0.1, -0.05) is 13.8 Å². The van der Waals surface area contributed by atoms with Crippen molar-refractivity contribution >= 4 is 23.3 Å². The summed E-state index contributed by atoms with van der Waals surface area (Å²) in [4.78, 5) is 24.2. The fraction of sp³-hybridized carbons (Fsp3) is 0.412. The number of carboxylic acid groups (broad SMARTS) is 1. The predicted molar refractivity (Wildman–Crippen MR) is 89.6 cm³/mol. The number of nitrogens with one attached hydrogen (secondary N) is 1. The van der Waals surface area contributed by atoms with E-state index in [1.54, 1.807) is 0 Å². The third-order valence-electron chi connectivity index (χ3n) is 3.29. The molecule has 1 rings (SSSR count). The van der Waals surface area contributed by atoms with Gasteiger partial charge in [0, 0.05) is 25.2 Å². The Morgan fingerprint density at radius 2 is 1.76 bits per heavy atom. The molecule has 0 saturated heterocycles. The monoisotopic (exact) mass is 358 g/mol. The first-order valence-corrected chi connectivity index (χ1v) is 7.87. The number of hydrogen-bond acceptors (Lipinski definition) is 3. The van der Waals surface area contributed by atoms with Crippen molar-refractivity contribution in [1.29, 1.82) is 0 Å². The highest BCUT2D eigenvalue weighted by Gasteiger charge is 2.31. The average molecular weight is 358 g/mol. The van der Waals surface area contributed by atoms with Gasteiger partial charge in [-0.05, 0) is 31.0 Å². The molecule has 0 bridgehead atoms. The lowest BCUT2D eigenvalue weighted by atomic mass is 10.1. The van der Waals surface area contributed by atoms with Crippen LogP contribution in [-0.4, -0.2) is 30.1 Å². The standard InChI is InChI=1S/C17H21F3N2O3/c1-3-9-22(10-4-2)14-6-5-12(17(18,19)20)11-13(14)21-15(23)7-8-16(24)25/h5-8,11H,3-4,9-10H2,1-2H3,(H,21,23)(H,24,25)/b8-7-. The number of carbonyl (C=O) groups excluding carboxylic acids is 1. The van der Waals surface area contributed by atoms with E-state index in [0.717, 1.165) is 31.1 Å². The maximum atomic E-state index is 13.0. The van der Waals surface area contributed by atoms with Crippen LogP contribution in [0.4, 0.5) is 24.5 Å². The summed E-state index contributed by atoms with van der Waals surface area (Å²) in [5.74, 6) is -2.13. The molecule has 1 aromatic carbocycles. The van der Waals surface area contributed by atoms with Gasteiger partial charge < -0.3 is 15.3 Å². The van der Waals surface area contributed by atoms with Crippen molar-refractivity contribution in [3.05, 3.63) is 35.9 Å². The van der Waals surface area contributed by atoms with Gasteiger partial charge in [0.15, 0.2) is 0 Å². The van der Waals surface area contributed by atoms with E-state index in [0.29, 0.717) is 24.9 Å². The first-order valence-electron chi connectivity index (χ1n) is 7.87. The highest BCUT2D eigenvalue weighted by molar-refractivity contribution is 6.04. The summed E-state index contributed by atoms with van der Waals surface area (Å²) in [5, 5.41) is 10.9. The number of alkyl halides is 3. The first kappa shape index (κ1) is 20.5. The van der Waals surface area contributed by atoms with Crippen molar-refractivity contribution in [1.82, 2.24) is 0 Å². The summed E-state index contributed by atoms with van der Waals surface area (Å²) in [6.07, 6.45) is -1.59. The molecule has 5 nitrogen and oxygen atoms in total. The van der Waals surface area contributed by atoms with Crippen LogP contribution in [0.15, 0.2) is 30.4 Å². The summed E-state index contributed by atoms with van der Waals surface area (Å²) in [6, 6.07) is 3.15. The second kappa shape index (κ2) is 9.10. The number of anilines is 2. The van der Waals surface area contributed by atoms with Crippen LogP contribution in [-0.2, 0) is 15.8 Å². The molecular formula is C17H21F3N2O3. The Balaban J connectivity index is 3.26. The molecule has 138 valence electrons. The zero-order chi connectivity index (χ0) is 19.0. The van der Waals surface area contributed by atoms with Crippen molar-refractivity contribution in [2.75, 3.05) is 23.3 Å². The molecule has 0 saturated carbocycles. The van der Waals surface area contributed by atoms with Crippen molar-refractivity contribution < 1.29 is 27.9 Å². The maximum Gasteiger partial charge on any atom is 0.416 e. The number of nitrogens with zero attached hydrogens (tertiary/aromatic N) is 1. The SMILES string of the molecule is CCCN(CCC)c1ccc(C(F)(F)F)cc1NC(=O)/C=C\C(=O)O. The Morgan fingerprint density at radius 3 is 2.24 bits per heavy atom. The summed E-state index contributed by atoms with van der Waals surface area (Å²) < 4.78 is 38.9. The van der Waals surface area contributed by atoms with E-state index in [4.69, 9.17) is 5.11 Å². The third-order valence-corrected chi connectivity index (χ3v) is 3.29. The number of carboxylic acids is 1. The molecular weight excluding hydrogens is 337 g/mol. The van der Waals surface area contributed by atoms with E-state index in [2.05, 4.69) is 5.32 Å². The largest absolute Gasteiger partial charge is 0.478 e. The minimum atomic E-state index is -4.55. The number of halogens is 3. The number of rotatable bonds is 8. The quantitative estimate of drug-likeness (QED) is 0.691. The van der Waals surface area contributed by atoms with Crippen LogP contribution in [0.1, 0.15) is 32.3 Å². The Morgan fingerprint density at radius 1 is 1.16 bits per heavy atom. The molecule has 1 aromatic rings. The van der Waals surface area contributed by atoms with Crippen LogP contribution in [0.5, 0.6) is 0 Å². The normalized spacial score (nSPS) is 11.6. The first-order chi connectivity index (χ1) is 11.7. The van der Waals surface area contributed by atoms with E-state index >= 15 is 0 Å². The fourth-order valence-corrected chi connectivity index (χ4v) is 2.30. The van der Waals surface area contributed by atoms with Gasteiger partial charge in [0.05, 0.1) is 16.9 Å². The van der Waals surface area contributed by atoms with Crippen LogP contribution in [0.3, 0.4) is 0 Å². The lowest BCUT2D eigenvalue weighted by molar-refractivity contribution is -0.137. The van der Waals surface area contributed by atoms with E-state index in [1.165, 1.54) is 6.07 Å². The molecule has 25 heavy (non-hydrogen) atoms. The van der Waals surface area contributed by atoms with Gasteiger partial charge in [0.2, 0.25) is 5.91 Å². The Labute approximate surface area is 144 Å². The van der Waals surface area contributed by atoms with Gasteiger partial charge in [0.25, 0.3) is 0 Å². The predicted octanol–water partition coefficient (Wildman–Crippen LogP) is 3.91. The molecule has 0 aliphatic heterocycles. The molecule has 0 radical (unpaired) electrons. The van der Waals surface area contributed by atoms with Crippen LogP contribution >= 0.6 is 0 Å². The lowest BCUT2D eigenvalue weighted by Gasteiger charge is -2.27. The van der Waals surface area contributed by atoms with E-state index in [9.17, 15) is 22.8 Å². The summed E-state index contributed by atoms with van der Waals surface area (Å²) >= 11 is 0. The summed E-state index contributed by atoms with van der Waals surface area (Å²) in [5.41, 5.74) is -0.424. The van der Waals surface area contributed by atoms with Crippen molar-refractivity contribution in [3.63, 3.8) is 0 Å². The number of amides is 1. The van der Waals surface area contributed by atoms with E-state index in [1.807, 2.05) is 18.7 Å². The third kappa shape index (κ3) is 6.48. The van der Waals surface area contributed by atoms with Gasteiger partial charge in [0.1, 0.15) is 0 Å².